The van der Waals surface area contributed by atoms with Crippen molar-refractivity contribution in [3.63, 3.8) is 0 Å². The third-order valence-corrected chi connectivity index (χ3v) is 3.77. The Morgan fingerprint density at radius 1 is 1.15 bits per heavy atom. The second kappa shape index (κ2) is 5.78. The van der Waals surface area contributed by atoms with E-state index in [1.165, 1.54) is 11.1 Å². The Balaban J connectivity index is 2.07. The summed E-state index contributed by atoms with van der Waals surface area (Å²) in [5, 5.41) is 8.32. The first kappa shape index (κ1) is 14.8. The summed E-state index contributed by atoms with van der Waals surface area (Å²) in [6.45, 7) is 11.9. The first-order valence-electron chi connectivity index (χ1n) is 7.39. The third kappa shape index (κ3) is 3.47. The van der Waals surface area contributed by atoms with Crippen molar-refractivity contribution in [3.8, 4) is 0 Å². The molecule has 2 aromatic rings. The van der Waals surface area contributed by atoms with E-state index in [2.05, 4.69) is 69.2 Å². The SMILES string of the molecule is CCn1cc(CC(C)c2ccc(C(C)(C)C)cc2)nn1. The zero-order valence-electron chi connectivity index (χ0n) is 13.2. The van der Waals surface area contributed by atoms with E-state index in [4.69, 9.17) is 0 Å². The lowest BCUT2D eigenvalue weighted by Gasteiger charge is -2.20. The van der Waals surface area contributed by atoms with Gasteiger partial charge < -0.3 is 0 Å². The minimum absolute atomic E-state index is 0.214. The molecule has 1 unspecified atom stereocenters. The minimum Gasteiger partial charge on any atom is -0.253 e. The van der Waals surface area contributed by atoms with Crippen LogP contribution in [0.25, 0.3) is 0 Å². The monoisotopic (exact) mass is 271 g/mol. The van der Waals surface area contributed by atoms with Gasteiger partial charge in [0.1, 0.15) is 0 Å². The average molecular weight is 271 g/mol. The summed E-state index contributed by atoms with van der Waals surface area (Å²) in [5.41, 5.74) is 4.03. The van der Waals surface area contributed by atoms with Crippen molar-refractivity contribution >= 4 is 0 Å². The van der Waals surface area contributed by atoms with E-state index in [9.17, 15) is 0 Å². The van der Waals surface area contributed by atoms with Gasteiger partial charge in [0.2, 0.25) is 0 Å². The Hall–Kier alpha value is -1.64. The molecule has 0 aliphatic carbocycles. The molecule has 0 bridgehead atoms. The van der Waals surface area contributed by atoms with E-state index in [-0.39, 0.29) is 5.41 Å². The van der Waals surface area contributed by atoms with Crippen molar-refractivity contribution in [1.29, 1.82) is 0 Å². The lowest BCUT2D eigenvalue weighted by atomic mass is 9.85. The molecular formula is C17H25N3. The summed E-state index contributed by atoms with van der Waals surface area (Å²) in [6, 6.07) is 8.98. The van der Waals surface area contributed by atoms with Gasteiger partial charge in [0.05, 0.1) is 5.69 Å². The third-order valence-electron chi connectivity index (χ3n) is 3.77. The molecule has 20 heavy (non-hydrogen) atoms. The number of benzene rings is 1. The number of rotatable bonds is 4. The molecule has 3 heteroatoms. The maximum Gasteiger partial charge on any atom is 0.0833 e. The molecule has 2 rings (SSSR count). The molecule has 0 saturated heterocycles. The number of nitrogens with zero attached hydrogens (tertiary/aromatic N) is 3. The summed E-state index contributed by atoms with van der Waals surface area (Å²) in [4.78, 5) is 0. The zero-order valence-corrected chi connectivity index (χ0v) is 13.2. The van der Waals surface area contributed by atoms with Crippen molar-refractivity contribution in [1.82, 2.24) is 15.0 Å². The van der Waals surface area contributed by atoms with E-state index < -0.39 is 0 Å². The Bertz CT molecular complexity index is 546. The second-order valence-corrected chi connectivity index (χ2v) is 6.54. The predicted octanol–water partition coefficient (Wildman–Crippen LogP) is 3.94. The van der Waals surface area contributed by atoms with Crippen LogP contribution in [0.1, 0.15) is 57.4 Å². The van der Waals surface area contributed by atoms with Crippen molar-refractivity contribution in [2.24, 2.45) is 0 Å². The zero-order chi connectivity index (χ0) is 14.8. The molecule has 0 saturated carbocycles. The minimum atomic E-state index is 0.214. The van der Waals surface area contributed by atoms with Crippen molar-refractivity contribution < 1.29 is 0 Å². The summed E-state index contributed by atoms with van der Waals surface area (Å²) >= 11 is 0. The molecule has 1 atom stereocenters. The van der Waals surface area contributed by atoms with Crippen LogP contribution in [0.3, 0.4) is 0 Å². The molecular weight excluding hydrogens is 246 g/mol. The molecule has 1 aromatic heterocycles. The Kier molecular flexibility index (Phi) is 4.26. The predicted molar refractivity (Wildman–Crippen MR) is 83.0 cm³/mol. The van der Waals surface area contributed by atoms with Crippen LogP contribution in [0.5, 0.6) is 0 Å². The van der Waals surface area contributed by atoms with E-state index >= 15 is 0 Å². The van der Waals surface area contributed by atoms with E-state index in [0.29, 0.717) is 5.92 Å². The van der Waals surface area contributed by atoms with Crippen LogP contribution in [-0.2, 0) is 18.4 Å². The maximum atomic E-state index is 4.22. The first-order valence-corrected chi connectivity index (χ1v) is 7.39. The number of hydrogen-bond donors (Lipinski definition) is 0. The molecule has 0 fully saturated rings. The second-order valence-electron chi connectivity index (χ2n) is 6.54. The Morgan fingerprint density at radius 2 is 1.80 bits per heavy atom. The number of aromatic nitrogens is 3. The van der Waals surface area contributed by atoms with Gasteiger partial charge in [-0.25, -0.2) is 0 Å². The van der Waals surface area contributed by atoms with E-state index in [0.717, 1.165) is 18.7 Å². The Labute approximate surface area is 122 Å². The quantitative estimate of drug-likeness (QED) is 0.843. The summed E-state index contributed by atoms with van der Waals surface area (Å²) < 4.78 is 1.88. The fourth-order valence-electron chi connectivity index (χ4n) is 2.33. The highest BCUT2D eigenvalue weighted by atomic mass is 15.4. The van der Waals surface area contributed by atoms with Crippen molar-refractivity contribution in [3.05, 3.63) is 47.3 Å². The molecule has 1 heterocycles. The van der Waals surface area contributed by atoms with Crippen LogP contribution in [-0.4, -0.2) is 15.0 Å². The smallest absolute Gasteiger partial charge is 0.0833 e. The van der Waals surface area contributed by atoms with Gasteiger partial charge in [-0.05, 0) is 35.8 Å². The number of hydrogen-bond acceptors (Lipinski definition) is 2. The van der Waals surface area contributed by atoms with Crippen molar-refractivity contribution in [2.45, 2.75) is 58.9 Å². The highest BCUT2D eigenvalue weighted by Gasteiger charge is 2.14. The summed E-state index contributed by atoms with van der Waals surface area (Å²) in [6.07, 6.45) is 2.98. The summed E-state index contributed by atoms with van der Waals surface area (Å²) in [7, 11) is 0. The molecule has 0 spiro atoms. The number of aryl methyl sites for hydroxylation is 1. The van der Waals surface area contributed by atoms with Crippen LogP contribution < -0.4 is 0 Å². The largest absolute Gasteiger partial charge is 0.253 e. The van der Waals surface area contributed by atoms with Crippen molar-refractivity contribution in [2.75, 3.05) is 0 Å². The highest BCUT2D eigenvalue weighted by Crippen LogP contribution is 2.25. The van der Waals surface area contributed by atoms with Gasteiger partial charge >= 0.3 is 0 Å². The average Bonchev–Trinajstić information content (AvgIpc) is 2.85. The lowest BCUT2D eigenvalue weighted by Crippen LogP contribution is -2.11. The molecule has 1 aromatic carbocycles. The van der Waals surface area contributed by atoms with Gasteiger partial charge in [-0.2, -0.15) is 0 Å². The standard InChI is InChI=1S/C17H25N3/c1-6-20-12-16(18-19-20)11-13(2)14-7-9-15(10-8-14)17(3,4)5/h7-10,12-13H,6,11H2,1-5H3. The van der Waals surface area contributed by atoms with Gasteiger partial charge in [-0.3, -0.25) is 4.68 Å². The van der Waals surface area contributed by atoms with Crippen LogP contribution in [0, 0.1) is 0 Å². The molecule has 0 aliphatic rings. The first-order chi connectivity index (χ1) is 9.40. The highest BCUT2D eigenvalue weighted by molar-refractivity contribution is 5.29. The van der Waals surface area contributed by atoms with Gasteiger partial charge in [0.15, 0.2) is 0 Å². The van der Waals surface area contributed by atoms with E-state index in [1.54, 1.807) is 0 Å². The Morgan fingerprint density at radius 3 is 2.30 bits per heavy atom. The van der Waals surface area contributed by atoms with Gasteiger partial charge in [0.25, 0.3) is 0 Å². The fourth-order valence-corrected chi connectivity index (χ4v) is 2.33. The normalized spacial score (nSPS) is 13.4. The molecule has 0 N–H and O–H groups in total. The maximum absolute atomic E-state index is 4.22. The molecule has 0 radical (unpaired) electrons. The van der Waals surface area contributed by atoms with Crippen LogP contribution >= 0.6 is 0 Å². The van der Waals surface area contributed by atoms with Gasteiger partial charge in [-0.15, -0.1) is 5.10 Å². The molecule has 108 valence electrons. The van der Waals surface area contributed by atoms with Gasteiger partial charge in [0, 0.05) is 12.7 Å². The van der Waals surface area contributed by atoms with Crippen LogP contribution in [0.2, 0.25) is 0 Å². The van der Waals surface area contributed by atoms with Crippen LogP contribution in [0.4, 0.5) is 0 Å². The molecule has 3 nitrogen and oxygen atoms in total. The summed E-state index contributed by atoms with van der Waals surface area (Å²) in [5.74, 6) is 0.464. The topological polar surface area (TPSA) is 30.7 Å². The molecule has 0 aliphatic heterocycles. The fraction of sp³-hybridized carbons (Fsp3) is 0.529. The van der Waals surface area contributed by atoms with Crippen LogP contribution in [0.15, 0.2) is 30.5 Å². The molecule has 0 amide bonds. The lowest BCUT2D eigenvalue weighted by molar-refractivity contribution is 0.589. The van der Waals surface area contributed by atoms with E-state index in [1.807, 2.05) is 10.9 Å². The van der Waals surface area contributed by atoms with Gasteiger partial charge in [-0.1, -0.05) is 57.2 Å².